The van der Waals surface area contributed by atoms with Crippen LogP contribution >= 0.6 is 11.3 Å². The Morgan fingerprint density at radius 3 is 2.71 bits per heavy atom. The average Bonchev–Trinajstić information content (AvgIpc) is 3.20. The van der Waals surface area contributed by atoms with Gasteiger partial charge in [-0.2, -0.15) is 0 Å². The lowest BCUT2D eigenvalue weighted by molar-refractivity contribution is -0.143. The summed E-state index contributed by atoms with van der Waals surface area (Å²) in [6.45, 7) is 4.15. The Morgan fingerprint density at radius 1 is 1.23 bits per heavy atom. The molecule has 3 N–H and O–H groups in total. The first-order valence-corrected chi connectivity index (χ1v) is 10.9. The van der Waals surface area contributed by atoms with Crippen LogP contribution in [0, 0.1) is 0 Å². The Labute approximate surface area is 183 Å². The number of rotatable bonds is 10. The van der Waals surface area contributed by atoms with E-state index in [2.05, 4.69) is 27.3 Å². The van der Waals surface area contributed by atoms with E-state index in [1.54, 1.807) is 5.38 Å². The Hall–Kier alpha value is -2.82. The molecule has 10 heteroatoms. The van der Waals surface area contributed by atoms with Gasteiger partial charge in [-0.3, -0.25) is 14.5 Å². The first-order chi connectivity index (χ1) is 14.9. The molecule has 1 amide bonds. The normalized spacial score (nSPS) is 15.4. The lowest BCUT2D eigenvalue weighted by atomic mass is 10.1. The summed E-state index contributed by atoms with van der Waals surface area (Å²) in [6, 6.07) is 6.88. The molecule has 166 valence electrons. The SMILES string of the molecule is O=C(O)CCC(NC(=O)Cc1csc(-c2cccc(CN3CCOCC3)c2)n1)C(=O)O. The van der Waals surface area contributed by atoms with Crippen molar-refractivity contribution in [2.45, 2.75) is 31.8 Å². The number of thiazole rings is 1. The molecule has 2 heterocycles. The van der Waals surface area contributed by atoms with E-state index in [9.17, 15) is 14.4 Å². The zero-order chi connectivity index (χ0) is 22.2. The molecule has 0 spiro atoms. The van der Waals surface area contributed by atoms with Gasteiger partial charge in [-0.1, -0.05) is 18.2 Å². The van der Waals surface area contributed by atoms with Crippen molar-refractivity contribution in [3.8, 4) is 10.6 Å². The number of hydrogen-bond acceptors (Lipinski definition) is 7. The molecule has 0 aliphatic carbocycles. The molecule has 31 heavy (non-hydrogen) atoms. The van der Waals surface area contributed by atoms with Crippen LogP contribution in [0.1, 0.15) is 24.1 Å². The molecule has 1 aliphatic heterocycles. The number of carboxylic acids is 2. The summed E-state index contributed by atoms with van der Waals surface area (Å²) < 4.78 is 5.38. The van der Waals surface area contributed by atoms with E-state index in [0.29, 0.717) is 5.69 Å². The van der Waals surface area contributed by atoms with Crippen molar-refractivity contribution in [1.29, 1.82) is 0 Å². The third-order valence-corrected chi connectivity index (χ3v) is 5.80. The number of hydrogen-bond donors (Lipinski definition) is 3. The molecular weight excluding hydrogens is 422 g/mol. The molecule has 1 atom stereocenters. The van der Waals surface area contributed by atoms with Gasteiger partial charge in [0.15, 0.2) is 0 Å². The minimum absolute atomic E-state index is 0.0686. The number of amides is 1. The van der Waals surface area contributed by atoms with Crippen molar-refractivity contribution in [3.05, 3.63) is 40.9 Å². The number of ether oxygens (including phenoxy) is 1. The van der Waals surface area contributed by atoms with Gasteiger partial charge in [0.05, 0.1) is 25.3 Å². The van der Waals surface area contributed by atoms with Crippen LogP contribution in [0.15, 0.2) is 29.6 Å². The number of aliphatic carboxylic acids is 2. The quantitative estimate of drug-likeness (QED) is 0.501. The standard InChI is InChI=1S/C21H25N3O6S/c25-18(23-17(21(28)29)4-5-19(26)27)11-16-13-31-20(22-16)15-3-1-2-14(10-15)12-24-6-8-30-9-7-24/h1-3,10,13,17H,4-9,11-12H2,(H,23,25)(H,26,27)(H,28,29). The average molecular weight is 448 g/mol. The maximum Gasteiger partial charge on any atom is 0.326 e. The first kappa shape index (κ1) is 22.9. The predicted molar refractivity (Wildman–Crippen MR) is 114 cm³/mol. The number of morpholine rings is 1. The van der Waals surface area contributed by atoms with Crippen LogP contribution in [-0.2, 0) is 32.1 Å². The molecule has 1 aliphatic rings. The van der Waals surface area contributed by atoms with E-state index < -0.39 is 23.9 Å². The summed E-state index contributed by atoms with van der Waals surface area (Å²) in [5.41, 5.74) is 2.68. The van der Waals surface area contributed by atoms with E-state index in [4.69, 9.17) is 14.9 Å². The highest BCUT2D eigenvalue weighted by Crippen LogP contribution is 2.25. The molecule has 1 saturated heterocycles. The molecule has 2 aromatic rings. The molecule has 3 rings (SSSR count). The number of benzene rings is 1. The van der Waals surface area contributed by atoms with Crippen LogP contribution in [0.2, 0.25) is 0 Å². The van der Waals surface area contributed by atoms with Crippen LogP contribution in [0.4, 0.5) is 0 Å². The predicted octanol–water partition coefficient (Wildman–Crippen LogP) is 1.62. The molecule has 0 bridgehead atoms. The minimum Gasteiger partial charge on any atom is -0.481 e. The van der Waals surface area contributed by atoms with Gasteiger partial charge in [0.1, 0.15) is 11.0 Å². The van der Waals surface area contributed by atoms with Crippen molar-refractivity contribution in [1.82, 2.24) is 15.2 Å². The van der Waals surface area contributed by atoms with Crippen LogP contribution < -0.4 is 5.32 Å². The maximum atomic E-state index is 12.2. The summed E-state index contributed by atoms with van der Waals surface area (Å²) in [6.07, 6.45) is -0.575. The summed E-state index contributed by atoms with van der Waals surface area (Å²) in [5, 5.41) is 22.8. The number of nitrogens with zero attached hydrogens (tertiary/aromatic N) is 2. The Balaban J connectivity index is 1.59. The van der Waals surface area contributed by atoms with Crippen molar-refractivity contribution in [2.24, 2.45) is 0 Å². The number of nitrogens with one attached hydrogen (secondary N) is 1. The van der Waals surface area contributed by atoms with E-state index in [1.807, 2.05) is 12.1 Å². The Kier molecular flexibility index (Phi) is 8.10. The van der Waals surface area contributed by atoms with Crippen LogP contribution in [0.5, 0.6) is 0 Å². The molecule has 0 saturated carbocycles. The number of carboxylic acid groups (broad SMARTS) is 2. The monoisotopic (exact) mass is 447 g/mol. The van der Waals surface area contributed by atoms with Gasteiger partial charge in [0, 0.05) is 37.0 Å². The molecule has 9 nitrogen and oxygen atoms in total. The van der Waals surface area contributed by atoms with Gasteiger partial charge in [0.25, 0.3) is 0 Å². The van der Waals surface area contributed by atoms with E-state index in [1.165, 1.54) is 16.9 Å². The summed E-state index contributed by atoms with van der Waals surface area (Å²) in [4.78, 5) is 41.0. The van der Waals surface area contributed by atoms with Gasteiger partial charge in [0.2, 0.25) is 5.91 Å². The van der Waals surface area contributed by atoms with Gasteiger partial charge >= 0.3 is 11.9 Å². The van der Waals surface area contributed by atoms with Crippen molar-refractivity contribution in [2.75, 3.05) is 26.3 Å². The van der Waals surface area contributed by atoms with Gasteiger partial charge < -0.3 is 20.3 Å². The number of carbonyl (C=O) groups excluding carboxylic acids is 1. The van der Waals surface area contributed by atoms with E-state index in [0.717, 1.165) is 43.4 Å². The largest absolute Gasteiger partial charge is 0.481 e. The molecule has 0 radical (unpaired) electrons. The topological polar surface area (TPSA) is 129 Å². The van der Waals surface area contributed by atoms with Crippen molar-refractivity contribution >= 4 is 29.2 Å². The highest BCUT2D eigenvalue weighted by atomic mass is 32.1. The fourth-order valence-electron chi connectivity index (χ4n) is 3.28. The fourth-order valence-corrected chi connectivity index (χ4v) is 4.09. The van der Waals surface area contributed by atoms with Gasteiger partial charge in [-0.25, -0.2) is 9.78 Å². The zero-order valence-electron chi connectivity index (χ0n) is 17.0. The van der Waals surface area contributed by atoms with Crippen LogP contribution in [0.25, 0.3) is 10.6 Å². The van der Waals surface area contributed by atoms with Crippen molar-refractivity contribution < 1.29 is 29.3 Å². The summed E-state index contributed by atoms with van der Waals surface area (Å²) in [7, 11) is 0. The Morgan fingerprint density at radius 2 is 2.00 bits per heavy atom. The Bertz CT molecular complexity index is 925. The van der Waals surface area contributed by atoms with E-state index >= 15 is 0 Å². The minimum atomic E-state index is -1.26. The zero-order valence-corrected chi connectivity index (χ0v) is 17.8. The van der Waals surface area contributed by atoms with Crippen LogP contribution in [0.3, 0.4) is 0 Å². The second-order valence-electron chi connectivity index (χ2n) is 7.30. The highest BCUT2D eigenvalue weighted by molar-refractivity contribution is 7.13. The lowest BCUT2D eigenvalue weighted by Crippen LogP contribution is -2.41. The van der Waals surface area contributed by atoms with Crippen molar-refractivity contribution in [3.63, 3.8) is 0 Å². The molecule has 1 aromatic carbocycles. The maximum absolute atomic E-state index is 12.2. The molecular formula is C21H25N3O6S. The lowest BCUT2D eigenvalue weighted by Gasteiger charge is -2.26. The number of carbonyl (C=O) groups is 3. The second-order valence-corrected chi connectivity index (χ2v) is 8.16. The molecule has 1 aromatic heterocycles. The highest BCUT2D eigenvalue weighted by Gasteiger charge is 2.21. The first-order valence-electron chi connectivity index (χ1n) is 9.98. The third kappa shape index (κ3) is 7.12. The smallest absolute Gasteiger partial charge is 0.326 e. The molecule has 1 fully saturated rings. The summed E-state index contributed by atoms with van der Waals surface area (Å²) in [5.74, 6) is -2.87. The van der Waals surface area contributed by atoms with Gasteiger partial charge in [-0.05, 0) is 18.1 Å². The van der Waals surface area contributed by atoms with Crippen LogP contribution in [-0.4, -0.2) is 70.3 Å². The second kappa shape index (κ2) is 11.0. The number of aromatic nitrogens is 1. The summed E-state index contributed by atoms with van der Waals surface area (Å²) >= 11 is 1.42. The fraction of sp³-hybridized carbons (Fsp3) is 0.429. The molecule has 1 unspecified atom stereocenters. The third-order valence-electron chi connectivity index (χ3n) is 4.86. The van der Waals surface area contributed by atoms with E-state index in [-0.39, 0.29) is 19.3 Å². The van der Waals surface area contributed by atoms with Gasteiger partial charge in [-0.15, -0.1) is 11.3 Å².